The Bertz CT molecular complexity index is 504. The van der Waals surface area contributed by atoms with Crippen LogP contribution in [0.15, 0.2) is 47.8 Å². The summed E-state index contributed by atoms with van der Waals surface area (Å²) >= 11 is 0. The summed E-state index contributed by atoms with van der Waals surface area (Å²) in [5.74, 6) is 0. The second kappa shape index (κ2) is 4.57. The number of rotatable bonds is 2. The van der Waals surface area contributed by atoms with Crippen LogP contribution in [0.25, 0.3) is 11.3 Å². The van der Waals surface area contributed by atoms with Crippen LogP contribution in [0, 0.1) is 6.92 Å². The zero-order valence-corrected chi connectivity index (χ0v) is 8.96. The summed E-state index contributed by atoms with van der Waals surface area (Å²) in [6.07, 6.45) is 3.18. The fourth-order valence-corrected chi connectivity index (χ4v) is 1.58. The van der Waals surface area contributed by atoms with E-state index in [1.54, 1.807) is 6.20 Å². The average molecular weight is 212 g/mol. The Labute approximate surface area is 94.1 Å². The zero-order chi connectivity index (χ0) is 11.4. The summed E-state index contributed by atoms with van der Waals surface area (Å²) < 4.78 is 0. The molecule has 1 N–H and O–H groups in total. The molecule has 0 amide bonds. The molecule has 3 heteroatoms. The number of hydrogen-bond acceptors (Lipinski definition) is 3. The van der Waals surface area contributed by atoms with Crippen molar-refractivity contribution < 1.29 is 5.21 Å². The first-order valence-electron chi connectivity index (χ1n) is 5.01. The molecule has 0 saturated heterocycles. The Morgan fingerprint density at radius 1 is 1.19 bits per heavy atom. The maximum Gasteiger partial charge on any atom is 0.0733 e. The van der Waals surface area contributed by atoms with Crippen molar-refractivity contribution in [1.82, 2.24) is 4.98 Å². The molecule has 1 aromatic carbocycles. The van der Waals surface area contributed by atoms with Crippen molar-refractivity contribution in [2.75, 3.05) is 0 Å². The molecule has 0 unspecified atom stereocenters. The normalized spacial score (nSPS) is 10.8. The second-order valence-corrected chi connectivity index (χ2v) is 3.54. The third-order valence-electron chi connectivity index (χ3n) is 2.40. The summed E-state index contributed by atoms with van der Waals surface area (Å²) in [6.45, 7) is 2.03. The van der Waals surface area contributed by atoms with Crippen LogP contribution in [0.2, 0.25) is 0 Å². The van der Waals surface area contributed by atoms with Crippen LogP contribution in [0.1, 0.15) is 11.1 Å². The van der Waals surface area contributed by atoms with Crippen molar-refractivity contribution >= 4 is 6.21 Å². The van der Waals surface area contributed by atoms with E-state index in [0.29, 0.717) is 0 Å². The van der Waals surface area contributed by atoms with Gasteiger partial charge in [-0.15, -0.1) is 0 Å². The first kappa shape index (κ1) is 10.4. The molecule has 0 fully saturated rings. The van der Waals surface area contributed by atoms with Gasteiger partial charge < -0.3 is 5.21 Å². The van der Waals surface area contributed by atoms with E-state index >= 15 is 0 Å². The van der Waals surface area contributed by atoms with Crippen molar-refractivity contribution in [1.29, 1.82) is 0 Å². The molecule has 2 rings (SSSR count). The van der Waals surface area contributed by atoms with Gasteiger partial charge in [-0.3, -0.25) is 4.98 Å². The van der Waals surface area contributed by atoms with E-state index in [1.165, 1.54) is 6.21 Å². The van der Waals surface area contributed by atoms with Gasteiger partial charge in [0.25, 0.3) is 0 Å². The molecule has 0 aliphatic rings. The molecule has 0 aliphatic carbocycles. The molecule has 0 radical (unpaired) electrons. The van der Waals surface area contributed by atoms with Crippen LogP contribution in [-0.4, -0.2) is 16.4 Å². The highest BCUT2D eigenvalue weighted by Gasteiger charge is 2.01. The zero-order valence-electron chi connectivity index (χ0n) is 8.96. The Kier molecular flexibility index (Phi) is 2.96. The molecular weight excluding hydrogens is 200 g/mol. The Balaban J connectivity index is 2.39. The number of oxime groups is 1. The number of hydrogen-bond donors (Lipinski definition) is 1. The van der Waals surface area contributed by atoms with Gasteiger partial charge in [0, 0.05) is 11.8 Å². The number of nitrogens with zero attached hydrogens (tertiary/aromatic N) is 2. The topological polar surface area (TPSA) is 45.5 Å². The number of benzene rings is 1. The van der Waals surface area contributed by atoms with Gasteiger partial charge in [0.05, 0.1) is 11.9 Å². The van der Waals surface area contributed by atoms with Gasteiger partial charge in [-0.2, -0.15) is 0 Å². The van der Waals surface area contributed by atoms with Crippen molar-refractivity contribution in [2.24, 2.45) is 5.16 Å². The van der Waals surface area contributed by atoms with Crippen LogP contribution in [-0.2, 0) is 0 Å². The van der Waals surface area contributed by atoms with Gasteiger partial charge in [-0.25, -0.2) is 0 Å². The number of pyridine rings is 1. The summed E-state index contributed by atoms with van der Waals surface area (Å²) in [4.78, 5) is 4.34. The van der Waals surface area contributed by atoms with Gasteiger partial charge in [0.1, 0.15) is 0 Å². The molecule has 0 bridgehead atoms. The lowest BCUT2D eigenvalue weighted by atomic mass is 10.1. The van der Waals surface area contributed by atoms with E-state index < -0.39 is 0 Å². The van der Waals surface area contributed by atoms with Crippen LogP contribution in [0.5, 0.6) is 0 Å². The molecule has 80 valence electrons. The van der Waals surface area contributed by atoms with Gasteiger partial charge in [0.2, 0.25) is 0 Å². The maximum atomic E-state index is 8.41. The molecule has 0 saturated carbocycles. The molecule has 16 heavy (non-hydrogen) atoms. The minimum atomic E-state index is 0.861. The largest absolute Gasteiger partial charge is 0.411 e. The van der Waals surface area contributed by atoms with Gasteiger partial charge in [0.15, 0.2) is 0 Å². The van der Waals surface area contributed by atoms with Crippen molar-refractivity contribution in [3.05, 3.63) is 53.7 Å². The molecule has 0 atom stereocenters. The maximum absolute atomic E-state index is 8.41. The summed E-state index contributed by atoms with van der Waals surface area (Å²) in [7, 11) is 0. The third-order valence-corrected chi connectivity index (χ3v) is 2.40. The van der Waals surface area contributed by atoms with E-state index in [2.05, 4.69) is 10.1 Å². The molecule has 3 nitrogen and oxygen atoms in total. The Morgan fingerprint density at radius 3 is 2.56 bits per heavy atom. The third kappa shape index (κ3) is 2.08. The second-order valence-electron chi connectivity index (χ2n) is 3.54. The van der Waals surface area contributed by atoms with E-state index in [0.717, 1.165) is 22.4 Å². The monoisotopic (exact) mass is 212 g/mol. The highest BCUT2D eigenvalue weighted by atomic mass is 16.4. The van der Waals surface area contributed by atoms with Gasteiger partial charge in [-0.05, 0) is 24.1 Å². The summed E-state index contributed by atoms with van der Waals surface area (Å²) in [5.41, 5.74) is 4.05. The van der Waals surface area contributed by atoms with Crippen LogP contribution in [0.4, 0.5) is 0 Å². The van der Waals surface area contributed by atoms with E-state index in [1.807, 2.05) is 43.3 Å². The minimum Gasteiger partial charge on any atom is -0.411 e. The highest BCUT2D eigenvalue weighted by molar-refractivity contribution is 5.80. The lowest BCUT2D eigenvalue weighted by Gasteiger charge is -2.04. The molecule has 1 heterocycles. The predicted molar refractivity (Wildman–Crippen MR) is 63.8 cm³/mol. The van der Waals surface area contributed by atoms with Crippen LogP contribution < -0.4 is 0 Å². The van der Waals surface area contributed by atoms with Crippen molar-refractivity contribution in [3.63, 3.8) is 0 Å². The first-order valence-corrected chi connectivity index (χ1v) is 5.01. The molecular formula is C13H12N2O. The summed E-state index contributed by atoms with van der Waals surface area (Å²) in [6, 6.07) is 11.7. The Morgan fingerprint density at radius 2 is 1.94 bits per heavy atom. The SMILES string of the molecule is Cc1cccnc1-c1ccc(C=NO)cc1. The van der Waals surface area contributed by atoms with Crippen LogP contribution >= 0.6 is 0 Å². The van der Waals surface area contributed by atoms with Gasteiger partial charge >= 0.3 is 0 Å². The standard InChI is InChI=1S/C13H12N2O/c1-10-3-2-8-14-13(10)12-6-4-11(5-7-12)9-15-16/h2-9,16H,1H3. The minimum absolute atomic E-state index is 0.861. The Hall–Kier alpha value is -2.16. The van der Waals surface area contributed by atoms with Gasteiger partial charge in [-0.1, -0.05) is 35.5 Å². The molecule has 0 spiro atoms. The number of aromatic nitrogens is 1. The van der Waals surface area contributed by atoms with E-state index in [9.17, 15) is 0 Å². The first-order chi connectivity index (χ1) is 7.81. The smallest absolute Gasteiger partial charge is 0.0733 e. The molecule has 0 aliphatic heterocycles. The predicted octanol–water partition coefficient (Wildman–Crippen LogP) is 2.87. The van der Waals surface area contributed by atoms with Crippen molar-refractivity contribution in [3.8, 4) is 11.3 Å². The van der Waals surface area contributed by atoms with Crippen molar-refractivity contribution in [2.45, 2.75) is 6.92 Å². The number of aryl methyl sites for hydroxylation is 1. The van der Waals surface area contributed by atoms with E-state index in [-0.39, 0.29) is 0 Å². The fourth-order valence-electron chi connectivity index (χ4n) is 1.58. The van der Waals surface area contributed by atoms with E-state index in [4.69, 9.17) is 5.21 Å². The summed E-state index contributed by atoms with van der Waals surface area (Å²) in [5, 5.41) is 11.4. The lowest BCUT2D eigenvalue weighted by Crippen LogP contribution is -1.88. The highest BCUT2D eigenvalue weighted by Crippen LogP contribution is 2.20. The molecule has 1 aromatic heterocycles. The lowest BCUT2D eigenvalue weighted by molar-refractivity contribution is 0.322. The molecule has 2 aromatic rings. The average Bonchev–Trinajstić information content (AvgIpc) is 2.31. The quantitative estimate of drug-likeness (QED) is 0.472. The van der Waals surface area contributed by atoms with Crippen LogP contribution in [0.3, 0.4) is 0 Å². The fraction of sp³-hybridized carbons (Fsp3) is 0.0769.